The number of esters is 1. The number of carbonyl (C=O) groups excluding carboxylic acids is 2. The van der Waals surface area contributed by atoms with E-state index >= 15 is 0 Å². The van der Waals surface area contributed by atoms with Crippen LogP contribution in [0.1, 0.15) is 323 Å². The molecule has 0 aliphatic rings. The highest BCUT2D eigenvalue weighted by Gasteiger charge is 2.30. The van der Waals surface area contributed by atoms with Gasteiger partial charge < -0.3 is 19.4 Å². The zero-order chi connectivity index (χ0) is 58.6. The van der Waals surface area contributed by atoms with E-state index in [1.807, 2.05) is 33.3 Å². The molecule has 0 fully saturated rings. The zero-order valence-electron chi connectivity index (χ0n) is 53.6. The van der Waals surface area contributed by atoms with Crippen molar-refractivity contribution in [2.45, 2.75) is 335 Å². The van der Waals surface area contributed by atoms with Gasteiger partial charge >= 0.3 is 13.8 Å². The van der Waals surface area contributed by atoms with Gasteiger partial charge in [-0.3, -0.25) is 18.6 Å². The van der Waals surface area contributed by atoms with E-state index in [4.69, 9.17) is 13.8 Å². The van der Waals surface area contributed by atoms with Crippen molar-refractivity contribution in [1.82, 2.24) is 5.32 Å². The fraction of sp³-hybridized carbons (Fsp3) is 0.829. The molecule has 3 atom stereocenters. The van der Waals surface area contributed by atoms with E-state index in [0.29, 0.717) is 23.9 Å². The molecule has 468 valence electrons. The van der Waals surface area contributed by atoms with Gasteiger partial charge in [0.25, 0.3) is 0 Å². The summed E-state index contributed by atoms with van der Waals surface area (Å²) in [5, 5.41) is 3.07. The molecule has 1 amide bonds. The Morgan fingerprint density at radius 3 is 1.16 bits per heavy atom. The second kappa shape index (κ2) is 59.9. The van der Waals surface area contributed by atoms with E-state index in [9.17, 15) is 19.0 Å². The first-order valence-electron chi connectivity index (χ1n) is 34.1. The van der Waals surface area contributed by atoms with Gasteiger partial charge in [-0.15, -0.1) is 0 Å². The van der Waals surface area contributed by atoms with E-state index in [1.165, 1.54) is 212 Å². The van der Waals surface area contributed by atoms with Crippen LogP contribution < -0.4 is 5.32 Å². The maximum absolute atomic E-state index is 13.6. The standard InChI is InChI=1S/C70H131N2O7P/c1-7-10-13-16-19-22-25-28-30-31-32-33-34-35-36-37-38-39-40-41-42-44-47-50-53-56-59-62-69(73)71-67(66-78-80(75,76)77-65-64-72(4,5)6)68(61-58-55-52-49-46-43-27-24-21-18-15-12-9-3)79-70(74)63-60-57-54-51-48-45-29-26-23-20-17-14-11-8-2/h19,22,28,30,32-33,35-36,58,61,67-68H,7-18,20-21,23-27,29,31,34,37-57,59-60,62-66H2,1-6H3,(H-,71,73,75,76)/p+1/b22-19-,30-28-,33-32-,36-35-,61-58-. The molecule has 80 heavy (non-hydrogen) atoms. The molecular weight excluding hydrogens is 1010 g/mol. The number of hydrogen-bond acceptors (Lipinski definition) is 6. The van der Waals surface area contributed by atoms with Crippen molar-refractivity contribution in [2.75, 3.05) is 40.9 Å². The molecule has 0 aliphatic carbocycles. The Morgan fingerprint density at radius 2 is 0.762 bits per heavy atom. The van der Waals surface area contributed by atoms with Gasteiger partial charge in [0.15, 0.2) is 0 Å². The summed E-state index contributed by atoms with van der Waals surface area (Å²) in [4.78, 5) is 37.8. The summed E-state index contributed by atoms with van der Waals surface area (Å²) in [5.41, 5.74) is 0. The van der Waals surface area contributed by atoms with Gasteiger partial charge in [0.2, 0.25) is 5.91 Å². The van der Waals surface area contributed by atoms with Crippen molar-refractivity contribution < 1.29 is 37.3 Å². The summed E-state index contributed by atoms with van der Waals surface area (Å²) in [6, 6.07) is -0.849. The highest BCUT2D eigenvalue weighted by atomic mass is 31.2. The molecule has 9 nitrogen and oxygen atoms in total. The number of nitrogens with one attached hydrogen (secondary N) is 1. The fourth-order valence-corrected chi connectivity index (χ4v) is 10.7. The maximum atomic E-state index is 13.6. The molecule has 0 aromatic rings. The Labute approximate surface area is 496 Å². The van der Waals surface area contributed by atoms with Crippen LogP contribution in [0.4, 0.5) is 0 Å². The lowest BCUT2D eigenvalue weighted by molar-refractivity contribution is -0.870. The SMILES string of the molecule is CCCCC/C=C\C/C=C\C/C=C\C/C=C\CCCCCCCCCCCCCC(=O)NC(COP(=O)(O)OCC[N+](C)(C)C)C(/C=C\CCCCCCCCCCCCC)OC(=O)CCCCCCCCCCCCCCCC. The summed E-state index contributed by atoms with van der Waals surface area (Å²) < 4.78 is 30.8. The summed E-state index contributed by atoms with van der Waals surface area (Å²) in [7, 11) is 1.50. The number of phosphoric ester groups is 1. The van der Waals surface area contributed by atoms with Crippen LogP contribution in [-0.4, -0.2) is 74.3 Å². The number of carbonyl (C=O) groups is 2. The fourth-order valence-electron chi connectivity index (χ4n) is 9.93. The van der Waals surface area contributed by atoms with E-state index in [0.717, 1.165) is 77.0 Å². The van der Waals surface area contributed by atoms with Crippen LogP contribution in [0.3, 0.4) is 0 Å². The zero-order valence-corrected chi connectivity index (χ0v) is 54.5. The third-order valence-corrected chi connectivity index (χ3v) is 16.2. The Bertz CT molecular complexity index is 1550. The molecule has 0 heterocycles. The molecule has 2 N–H and O–H groups in total. The minimum Gasteiger partial charge on any atom is -0.456 e. The summed E-state index contributed by atoms with van der Waals surface area (Å²) in [6.07, 6.45) is 76.5. The summed E-state index contributed by atoms with van der Waals surface area (Å²) >= 11 is 0. The van der Waals surface area contributed by atoms with Gasteiger partial charge in [0, 0.05) is 12.8 Å². The topological polar surface area (TPSA) is 111 Å². The summed E-state index contributed by atoms with van der Waals surface area (Å²) in [6.45, 7) is 7.02. The van der Waals surface area contributed by atoms with Crippen LogP contribution in [0.5, 0.6) is 0 Å². The molecule has 0 saturated heterocycles. The number of allylic oxidation sites excluding steroid dienone is 9. The Balaban J connectivity index is 5.07. The van der Waals surface area contributed by atoms with Crippen LogP contribution in [-0.2, 0) is 27.9 Å². The number of hydrogen-bond donors (Lipinski definition) is 2. The Morgan fingerprint density at radius 1 is 0.438 bits per heavy atom. The van der Waals surface area contributed by atoms with Gasteiger partial charge in [-0.1, -0.05) is 294 Å². The number of unbranched alkanes of at least 4 members (excludes halogenated alkanes) is 38. The number of likely N-dealkylation sites (N-methyl/N-ethyl adjacent to an activating group) is 1. The van der Waals surface area contributed by atoms with E-state index < -0.39 is 20.0 Å². The lowest BCUT2D eigenvalue weighted by atomic mass is 10.0. The normalized spacial score (nSPS) is 13.9. The van der Waals surface area contributed by atoms with Crippen molar-refractivity contribution >= 4 is 19.7 Å². The Kier molecular flexibility index (Phi) is 58.1. The van der Waals surface area contributed by atoms with Gasteiger partial charge in [-0.25, -0.2) is 4.57 Å². The van der Waals surface area contributed by atoms with Gasteiger partial charge in [-0.2, -0.15) is 0 Å². The van der Waals surface area contributed by atoms with Crippen molar-refractivity contribution in [3.63, 3.8) is 0 Å². The average Bonchev–Trinajstić information content (AvgIpc) is 3.42. The number of phosphoric acid groups is 1. The van der Waals surface area contributed by atoms with E-state index in [1.54, 1.807) is 0 Å². The van der Waals surface area contributed by atoms with Gasteiger partial charge in [0.05, 0.1) is 33.8 Å². The first kappa shape index (κ1) is 77.7. The average molecular weight is 1140 g/mol. The first-order chi connectivity index (χ1) is 38.9. The number of nitrogens with zero attached hydrogens (tertiary/aromatic N) is 1. The molecule has 0 aliphatic heterocycles. The minimum absolute atomic E-state index is 0.0403. The quantitative estimate of drug-likeness (QED) is 0.0205. The number of quaternary nitrogens is 1. The predicted molar refractivity (Wildman–Crippen MR) is 346 cm³/mol. The summed E-state index contributed by atoms with van der Waals surface area (Å²) in [5.74, 6) is -0.496. The van der Waals surface area contributed by atoms with Crippen LogP contribution in [0.15, 0.2) is 60.8 Å². The number of ether oxygens (including phenoxy) is 1. The molecule has 0 aromatic heterocycles. The molecule has 0 radical (unpaired) electrons. The highest BCUT2D eigenvalue weighted by molar-refractivity contribution is 7.47. The number of amides is 1. The van der Waals surface area contributed by atoms with Crippen LogP contribution in [0, 0.1) is 0 Å². The van der Waals surface area contributed by atoms with E-state index in [-0.39, 0.29) is 25.1 Å². The number of rotatable bonds is 62. The molecular formula is C70H132N2O7P+. The van der Waals surface area contributed by atoms with Crippen molar-refractivity contribution in [3.8, 4) is 0 Å². The molecule has 3 unspecified atom stereocenters. The van der Waals surface area contributed by atoms with Crippen LogP contribution in [0.2, 0.25) is 0 Å². The van der Waals surface area contributed by atoms with Crippen molar-refractivity contribution in [2.24, 2.45) is 0 Å². The lowest BCUT2D eigenvalue weighted by Gasteiger charge is -2.27. The highest BCUT2D eigenvalue weighted by Crippen LogP contribution is 2.43. The second-order valence-electron chi connectivity index (χ2n) is 24.4. The minimum atomic E-state index is -4.45. The first-order valence-corrected chi connectivity index (χ1v) is 35.6. The van der Waals surface area contributed by atoms with E-state index in [2.05, 4.69) is 74.7 Å². The predicted octanol–water partition coefficient (Wildman–Crippen LogP) is 21.4. The molecule has 0 rings (SSSR count). The maximum Gasteiger partial charge on any atom is 0.472 e. The second-order valence-corrected chi connectivity index (χ2v) is 25.8. The third-order valence-electron chi connectivity index (χ3n) is 15.2. The van der Waals surface area contributed by atoms with Crippen LogP contribution in [0.25, 0.3) is 0 Å². The van der Waals surface area contributed by atoms with Gasteiger partial charge in [-0.05, 0) is 76.7 Å². The van der Waals surface area contributed by atoms with Gasteiger partial charge in [0.1, 0.15) is 19.3 Å². The molecule has 10 heteroatoms. The van der Waals surface area contributed by atoms with Crippen LogP contribution >= 0.6 is 7.82 Å². The Hall–Kier alpha value is -2.29. The molecule has 0 spiro atoms. The molecule has 0 aromatic carbocycles. The van der Waals surface area contributed by atoms with Crippen molar-refractivity contribution in [3.05, 3.63) is 60.8 Å². The van der Waals surface area contributed by atoms with Crippen molar-refractivity contribution in [1.29, 1.82) is 0 Å². The smallest absolute Gasteiger partial charge is 0.456 e. The third kappa shape index (κ3) is 60.3. The monoisotopic (exact) mass is 1140 g/mol. The molecule has 0 bridgehead atoms. The molecule has 0 saturated carbocycles. The lowest BCUT2D eigenvalue weighted by Crippen LogP contribution is -2.47. The largest absolute Gasteiger partial charge is 0.472 e.